The second-order valence-electron chi connectivity index (χ2n) is 5.36. The summed E-state index contributed by atoms with van der Waals surface area (Å²) in [5.41, 5.74) is -0.262. The van der Waals surface area contributed by atoms with Gasteiger partial charge in [-0.1, -0.05) is 0 Å². The fraction of sp³-hybridized carbons (Fsp3) is 0.917. The molecule has 2 aliphatic rings. The Bertz CT molecular complexity index is 307. The van der Waals surface area contributed by atoms with Gasteiger partial charge in [-0.05, 0) is 34.7 Å². The molecule has 0 N–H and O–H groups in total. The van der Waals surface area contributed by atoms with E-state index in [9.17, 15) is 4.79 Å². The van der Waals surface area contributed by atoms with Crippen LogP contribution in [-0.2, 0) is 14.3 Å². The number of hydrogen-bond donors (Lipinski definition) is 0. The minimum absolute atomic E-state index is 0.0676. The smallest absolute Gasteiger partial charge is 0.173 e. The molecular weight excluding hydrogens is 206 g/mol. The van der Waals surface area contributed by atoms with Gasteiger partial charge in [-0.3, -0.25) is 9.69 Å². The highest BCUT2D eigenvalue weighted by molar-refractivity contribution is 5.80. The van der Waals surface area contributed by atoms with Crippen LogP contribution in [0.1, 0.15) is 34.1 Å². The maximum Gasteiger partial charge on any atom is 0.173 e. The lowest BCUT2D eigenvalue weighted by Crippen LogP contribution is -2.56. The van der Waals surface area contributed by atoms with Crippen molar-refractivity contribution in [2.24, 2.45) is 0 Å². The summed E-state index contributed by atoms with van der Waals surface area (Å²) < 4.78 is 11.8. The molecule has 2 rings (SSSR count). The zero-order valence-electron chi connectivity index (χ0n) is 10.7. The summed E-state index contributed by atoms with van der Waals surface area (Å²) in [5, 5.41) is 0. The van der Waals surface area contributed by atoms with E-state index in [1.165, 1.54) is 0 Å². The van der Waals surface area contributed by atoms with Crippen LogP contribution in [0.25, 0.3) is 0 Å². The van der Waals surface area contributed by atoms with Crippen molar-refractivity contribution in [2.45, 2.75) is 64.2 Å². The van der Waals surface area contributed by atoms with E-state index < -0.39 is 6.23 Å². The van der Waals surface area contributed by atoms with Crippen molar-refractivity contribution in [3.63, 3.8) is 0 Å². The average Bonchev–Trinajstić information content (AvgIpc) is 2.37. The van der Waals surface area contributed by atoms with Crippen LogP contribution >= 0.6 is 0 Å². The summed E-state index contributed by atoms with van der Waals surface area (Å²) in [6, 6.07) is 0.164. The Morgan fingerprint density at radius 3 is 2.62 bits per heavy atom. The van der Waals surface area contributed by atoms with Crippen LogP contribution in [0.4, 0.5) is 0 Å². The molecule has 5 unspecified atom stereocenters. The summed E-state index contributed by atoms with van der Waals surface area (Å²) in [6.07, 6.45) is 0.723. The molecule has 0 radical (unpaired) electrons. The van der Waals surface area contributed by atoms with Crippen LogP contribution < -0.4 is 0 Å². The first-order valence-electron chi connectivity index (χ1n) is 5.91. The molecule has 4 heteroatoms. The zero-order chi connectivity index (χ0) is 12.1. The van der Waals surface area contributed by atoms with Crippen LogP contribution in [0.3, 0.4) is 0 Å². The minimum atomic E-state index is -0.411. The van der Waals surface area contributed by atoms with Crippen molar-refractivity contribution in [1.29, 1.82) is 0 Å². The number of hydrogen-bond acceptors (Lipinski definition) is 4. The Balaban J connectivity index is 2.28. The Hall–Kier alpha value is -0.450. The van der Waals surface area contributed by atoms with Gasteiger partial charge in [0, 0.05) is 6.42 Å². The van der Waals surface area contributed by atoms with Gasteiger partial charge in [0.15, 0.2) is 12.0 Å². The largest absolute Gasteiger partial charge is 0.374 e. The number of fused-ring (bicyclic) bond motifs is 1. The summed E-state index contributed by atoms with van der Waals surface area (Å²) in [5.74, 6) is 0.0676. The number of carbonyl (C=O) groups is 1. The molecule has 0 aromatic rings. The standard InChI is InChI=1S/C12H21NO3/c1-7-6-12(4)10(9(3)15-7)13(5)11(16-12)8(2)14/h7,9-11H,6H2,1-5H3. The molecule has 0 aromatic carbocycles. The Morgan fingerprint density at radius 2 is 2.06 bits per heavy atom. The van der Waals surface area contributed by atoms with E-state index in [4.69, 9.17) is 9.47 Å². The maximum absolute atomic E-state index is 11.5. The Kier molecular flexibility index (Phi) is 2.85. The van der Waals surface area contributed by atoms with Crippen LogP contribution in [0.2, 0.25) is 0 Å². The highest BCUT2D eigenvalue weighted by Crippen LogP contribution is 2.41. The quantitative estimate of drug-likeness (QED) is 0.674. The third kappa shape index (κ3) is 1.69. The van der Waals surface area contributed by atoms with Crippen molar-refractivity contribution in [1.82, 2.24) is 4.90 Å². The third-order valence-electron chi connectivity index (χ3n) is 3.75. The number of nitrogens with zero attached hydrogens (tertiary/aromatic N) is 1. The van der Waals surface area contributed by atoms with Crippen molar-refractivity contribution in [3.8, 4) is 0 Å². The van der Waals surface area contributed by atoms with E-state index in [1.807, 2.05) is 11.9 Å². The van der Waals surface area contributed by atoms with Crippen LogP contribution in [0.15, 0.2) is 0 Å². The Labute approximate surface area is 96.9 Å². The normalized spacial score (nSPS) is 49.1. The lowest BCUT2D eigenvalue weighted by molar-refractivity contribution is -0.150. The molecule has 2 fully saturated rings. The van der Waals surface area contributed by atoms with E-state index in [2.05, 4.69) is 20.8 Å². The zero-order valence-corrected chi connectivity index (χ0v) is 10.7. The molecule has 4 nitrogen and oxygen atoms in total. The topological polar surface area (TPSA) is 38.8 Å². The van der Waals surface area contributed by atoms with Crippen molar-refractivity contribution in [3.05, 3.63) is 0 Å². The van der Waals surface area contributed by atoms with Gasteiger partial charge in [-0.25, -0.2) is 0 Å². The van der Waals surface area contributed by atoms with Gasteiger partial charge in [0.1, 0.15) is 0 Å². The van der Waals surface area contributed by atoms with Crippen LogP contribution in [0, 0.1) is 0 Å². The molecule has 0 aromatic heterocycles. The molecule has 0 saturated carbocycles. The molecular formula is C12H21NO3. The maximum atomic E-state index is 11.5. The fourth-order valence-corrected chi connectivity index (χ4v) is 3.41. The van der Waals surface area contributed by atoms with Gasteiger partial charge < -0.3 is 9.47 Å². The first kappa shape index (κ1) is 12.0. The molecule has 2 saturated heterocycles. The number of rotatable bonds is 1. The predicted molar refractivity (Wildman–Crippen MR) is 60.1 cm³/mol. The summed E-state index contributed by atoms with van der Waals surface area (Å²) in [6.45, 7) is 7.78. The summed E-state index contributed by atoms with van der Waals surface area (Å²) in [7, 11) is 1.94. The predicted octanol–water partition coefficient (Wildman–Crippen LogP) is 1.19. The highest BCUT2D eigenvalue weighted by atomic mass is 16.6. The van der Waals surface area contributed by atoms with Crippen molar-refractivity contribution >= 4 is 5.78 Å². The molecule has 92 valence electrons. The monoisotopic (exact) mass is 227 g/mol. The second kappa shape index (κ2) is 3.79. The number of Topliss-reactive ketones (excluding diaryl/α,β-unsaturated/α-hetero) is 1. The molecule has 0 aliphatic carbocycles. The summed E-state index contributed by atoms with van der Waals surface area (Å²) in [4.78, 5) is 13.5. The number of ketones is 1. The molecule has 5 atom stereocenters. The molecule has 0 amide bonds. The highest BCUT2D eigenvalue weighted by Gasteiger charge is 2.55. The van der Waals surface area contributed by atoms with Gasteiger partial charge in [0.25, 0.3) is 0 Å². The van der Waals surface area contributed by atoms with Crippen molar-refractivity contribution < 1.29 is 14.3 Å². The van der Waals surface area contributed by atoms with Crippen molar-refractivity contribution in [2.75, 3.05) is 7.05 Å². The molecule has 16 heavy (non-hydrogen) atoms. The number of ether oxygens (including phenoxy) is 2. The van der Waals surface area contributed by atoms with Crippen LogP contribution in [-0.4, -0.2) is 47.8 Å². The fourth-order valence-electron chi connectivity index (χ4n) is 3.41. The second-order valence-corrected chi connectivity index (χ2v) is 5.36. The van der Waals surface area contributed by atoms with Gasteiger partial charge in [-0.2, -0.15) is 0 Å². The Morgan fingerprint density at radius 1 is 1.44 bits per heavy atom. The average molecular weight is 227 g/mol. The molecule has 0 bridgehead atoms. The third-order valence-corrected chi connectivity index (χ3v) is 3.75. The van der Waals surface area contributed by atoms with E-state index >= 15 is 0 Å². The first-order valence-corrected chi connectivity index (χ1v) is 5.91. The SMILES string of the molecule is CC(=O)C1OC2(C)CC(C)OC(C)C2N1C. The lowest BCUT2D eigenvalue weighted by atomic mass is 9.84. The first-order chi connectivity index (χ1) is 7.35. The lowest BCUT2D eigenvalue weighted by Gasteiger charge is -2.43. The number of likely N-dealkylation sites (N-methyl/N-ethyl adjacent to an activating group) is 1. The van der Waals surface area contributed by atoms with E-state index in [1.54, 1.807) is 6.92 Å². The summed E-state index contributed by atoms with van der Waals surface area (Å²) >= 11 is 0. The van der Waals surface area contributed by atoms with E-state index in [0.717, 1.165) is 6.42 Å². The minimum Gasteiger partial charge on any atom is -0.374 e. The molecule has 0 spiro atoms. The van der Waals surface area contributed by atoms with E-state index in [-0.39, 0.29) is 29.6 Å². The van der Waals surface area contributed by atoms with Gasteiger partial charge >= 0.3 is 0 Å². The van der Waals surface area contributed by atoms with Gasteiger partial charge in [-0.15, -0.1) is 0 Å². The molecule has 2 aliphatic heterocycles. The van der Waals surface area contributed by atoms with E-state index in [0.29, 0.717) is 0 Å². The van der Waals surface area contributed by atoms with Gasteiger partial charge in [0.2, 0.25) is 0 Å². The van der Waals surface area contributed by atoms with Crippen LogP contribution in [0.5, 0.6) is 0 Å². The van der Waals surface area contributed by atoms with Gasteiger partial charge in [0.05, 0.1) is 23.9 Å². The number of carbonyl (C=O) groups excluding carboxylic acids is 1. The molecule has 2 heterocycles.